The van der Waals surface area contributed by atoms with Crippen LogP contribution in [0.4, 0.5) is 0 Å². The lowest BCUT2D eigenvalue weighted by Gasteiger charge is -2.31. The molecule has 0 radical (unpaired) electrons. The molecule has 2 heteroatoms. The molecule has 0 fully saturated rings. The molecule has 0 aliphatic heterocycles. The van der Waals surface area contributed by atoms with Gasteiger partial charge in [0.15, 0.2) is 0 Å². The Balaban J connectivity index is 2.13. The number of carbonyl (C=O) groups excluding carboxylic acids is 1. The van der Waals surface area contributed by atoms with E-state index in [0.29, 0.717) is 11.8 Å². The Labute approximate surface area is 160 Å². The molecule has 26 heavy (non-hydrogen) atoms. The maximum absolute atomic E-state index is 13.3. The van der Waals surface area contributed by atoms with Crippen LogP contribution in [0.3, 0.4) is 0 Å². The van der Waals surface area contributed by atoms with Crippen LogP contribution in [0, 0.1) is 11.8 Å². The van der Waals surface area contributed by atoms with Crippen LogP contribution in [-0.4, -0.2) is 23.9 Å². The first kappa shape index (κ1) is 20.5. The Morgan fingerprint density at radius 3 is 2.46 bits per heavy atom. The molecule has 1 aliphatic carbocycles. The minimum atomic E-state index is -0.0395. The molecular weight excluding hydrogens is 318 g/mol. The molecular formula is C24H35NO. The monoisotopic (exact) mass is 353 g/mol. The van der Waals surface area contributed by atoms with Gasteiger partial charge >= 0.3 is 0 Å². The third-order valence-corrected chi connectivity index (χ3v) is 5.40. The first-order valence-corrected chi connectivity index (χ1v) is 10.1. The van der Waals surface area contributed by atoms with Gasteiger partial charge in [0.05, 0.1) is 5.92 Å². The molecule has 1 aromatic rings. The number of nitrogens with zero attached hydrogens (tertiary/aromatic N) is 1. The topological polar surface area (TPSA) is 20.3 Å². The summed E-state index contributed by atoms with van der Waals surface area (Å²) in [6, 6.07) is 10.2. The highest BCUT2D eigenvalue weighted by Gasteiger charge is 2.26. The van der Waals surface area contributed by atoms with Crippen molar-refractivity contribution in [1.82, 2.24) is 4.90 Å². The van der Waals surface area contributed by atoms with Crippen LogP contribution in [-0.2, 0) is 4.79 Å². The Morgan fingerprint density at radius 2 is 1.96 bits per heavy atom. The Kier molecular flexibility index (Phi) is 7.68. The van der Waals surface area contributed by atoms with Crippen molar-refractivity contribution in [2.75, 3.05) is 13.1 Å². The van der Waals surface area contributed by atoms with Crippen molar-refractivity contribution in [3.8, 4) is 0 Å². The van der Waals surface area contributed by atoms with Crippen molar-refractivity contribution in [3.05, 3.63) is 59.7 Å². The molecule has 2 nitrogen and oxygen atoms in total. The molecule has 142 valence electrons. The van der Waals surface area contributed by atoms with Gasteiger partial charge in [0.1, 0.15) is 0 Å². The van der Waals surface area contributed by atoms with Crippen LogP contribution < -0.4 is 0 Å². The van der Waals surface area contributed by atoms with Crippen molar-refractivity contribution >= 4 is 5.91 Å². The van der Waals surface area contributed by atoms with Crippen molar-refractivity contribution in [1.29, 1.82) is 0 Å². The van der Waals surface area contributed by atoms with Gasteiger partial charge in [-0.3, -0.25) is 4.79 Å². The van der Waals surface area contributed by atoms with Gasteiger partial charge in [0.2, 0.25) is 5.91 Å². The summed E-state index contributed by atoms with van der Waals surface area (Å²) in [7, 11) is 0. The molecule has 2 rings (SSSR count). The van der Waals surface area contributed by atoms with Crippen molar-refractivity contribution in [3.63, 3.8) is 0 Å². The SMILES string of the molecule is C=C(C)C1CC=C(CN(CC(C)C)C(=O)C(CC)c2ccccc2)CC1. The van der Waals surface area contributed by atoms with E-state index in [1.165, 1.54) is 17.6 Å². The van der Waals surface area contributed by atoms with E-state index in [1.54, 1.807) is 0 Å². The van der Waals surface area contributed by atoms with E-state index in [2.05, 4.69) is 57.4 Å². The third kappa shape index (κ3) is 5.59. The van der Waals surface area contributed by atoms with Gasteiger partial charge < -0.3 is 4.90 Å². The molecule has 1 amide bonds. The number of benzene rings is 1. The summed E-state index contributed by atoms with van der Waals surface area (Å²) in [6.45, 7) is 14.3. The fourth-order valence-electron chi connectivity index (χ4n) is 3.86. The number of amides is 1. The van der Waals surface area contributed by atoms with Crippen LogP contribution in [0.15, 0.2) is 54.1 Å². The van der Waals surface area contributed by atoms with E-state index in [1.807, 2.05) is 18.2 Å². The third-order valence-electron chi connectivity index (χ3n) is 5.40. The summed E-state index contributed by atoms with van der Waals surface area (Å²) in [5.41, 5.74) is 3.83. The second-order valence-corrected chi connectivity index (χ2v) is 8.16. The number of carbonyl (C=O) groups is 1. The first-order chi connectivity index (χ1) is 12.4. The normalized spacial score (nSPS) is 18.3. The van der Waals surface area contributed by atoms with Crippen LogP contribution in [0.1, 0.15) is 64.9 Å². The zero-order chi connectivity index (χ0) is 19.1. The fraction of sp³-hybridized carbons (Fsp3) is 0.542. The van der Waals surface area contributed by atoms with Crippen LogP contribution >= 0.6 is 0 Å². The lowest BCUT2D eigenvalue weighted by atomic mass is 9.85. The smallest absolute Gasteiger partial charge is 0.230 e. The summed E-state index contributed by atoms with van der Waals surface area (Å²) in [5, 5.41) is 0. The molecule has 0 spiro atoms. The second-order valence-electron chi connectivity index (χ2n) is 8.16. The lowest BCUT2D eigenvalue weighted by molar-refractivity contribution is -0.133. The van der Waals surface area contributed by atoms with E-state index in [4.69, 9.17) is 0 Å². The molecule has 0 bridgehead atoms. The molecule has 1 aliphatic rings. The van der Waals surface area contributed by atoms with Gasteiger partial charge in [-0.25, -0.2) is 0 Å². The van der Waals surface area contributed by atoms with Gasteiger partial charge in [-0.2, -0.15) is 0 Å². The quantitative estimate of drug-likeness (QED) is 0.527. The maximum Gasteiger partial charge on any atom is 0.230 e. The van der Waals surface area contributed by atoms with Gasteiger partial charge in [0, 0.05) is 13.1 Å². The summed E-state index contributed by atoms with van der Waals surface area (Å²) in [5.74, 6) is 1.32. The zero-order valence-corrected chi connectivity index (χ0v) is 17.0. The standard InChI is InChI=1S/C24H35NO/c1-6-23(22-10-8-7-9-11-22)24(26)25(16-18(2)3)17-20-12-14-21(15-13-20)19(4)5/h7-12,18,21,23H,4,6,13-17H2,1-3,5H3. The first-order valence-electron chi connectivity index (χ1n) is 10.1. The minimum absolute atomic E-state index is 0.0395. The van der Waals surface area contributed by atoms with Gasteiger partial charge in [-0.1, -0.05) is 74.9 Å². The van der Waals surface area contributed by atoms with Gasteiger partial charge in [0.25, 0.3) is 0 Å². The Hall–Kier alpha value is -1.83. The number of hydrogen-bond donors (Lipinski definition) is 0. The van der Waals surface area contributed by atoms with Crippen molar-refractivity contribution in [2.45, 2.75) is 59.3 Å². The summed E-state index contributed by atoms with van der Waals surface area (Å²) in [6.07, 6.45) is 6.52. The molecule has 0 heterocycles. The molecule has 1 aromatic carbocycles. The highest BCUT2D eigenvalue weighted by Crippen LogP contribution is 2.30. The van der Waals surface area contributed by atoms with Gasteiger partial charge in [-0.05, 0) is 50.0 Å². The van der Waals surface area contributed by atoms with Crippen LogP contribution in [0.2, 0.25) is 0 Å². The molecule has 2 atom stereocenters. The average molecular weight is 354 g/mol. The van der Waals surface area contributed by atoms with Crippen molar-refractivity contribution in [2.24, 2.45) is 11.8 Å². The fourth-order valence-corrected chi connectivity index (χ4v) is 3.86. The summed E-state index contributed by atoms with van der Waals surface area (Å²) >= 11 is 0. The highest BCUT2D eigenvalue weighted by molar-refractivity contribution is 5.84. The van der Waals surface area contributed by atoms with E-state index in [9.17, 15) is 4.79 Å². The highest BCUT2D eigenvalue weighted by atomic mass is 16.2. The Morgan fingerprint density at radius 1 is 1.27 bits per heavy atom. The molecule has 0 N–H and O–H groups in total. The van der Waals surface area contributed by atoms with E-state index >= 15 is 0 Å². The van der Waals surface area contributed by atoms with E-state index < -0.39 is 0 Å². The lowest BCUT2D eigenvalue weighted by Crippen LogP contribution is -2.39. The molecule has 2 unspecified atom stereocenters. The predicted molar refractivity (Wildman–Crippen MR) is 111 cm³/mol. The zero-order valence-electron chi connectivity index (χ0n) is 17.0. The molecule has 0 aromatic heterocycles. The largest absolute Gasteiger partial charge is 0.338 e. The van der Waals surface area contributed by atoms with Crippen molar-refractivity contribution < 1.29 is 4.79 Å². The number of rotatable bonds is 8. The molecule has 0 saturated carbocycles. The maximum atomic E-state index is 13.3. The van der Waals surface area contributed by atoms with Gasteiger partial charge in [-0.15, -0.1) is 0 Å². The summed E-state index contributed by atoms with van der Waals surface area (Å²) in [4.78, 5) is 15.4. The Bertz CT molecular complexity index is 629. The minimum Gasteiger partial charge on any atom is -0.338 e. The van der Waals surface area contributed by atoms with E-state index in [-0.39, 0.29) is 11.8 Å². The number of hydrogen-bond acceptors (Lipinski definition) is 1. The van der Waals surface area contributed by atoms with E-state index in [0.717, 1.165) is 37.9 Å². The molecule has 0 saturated heterocycles. The number of allylic oxidation sites excluding steroid dienone is 2. The predicted octanol–water partition coefficient (Wildman–Crippen LogP) is 5.97. The van der Waals surface area contributed by atoms with Crippen LogP contribution in [0.5, 0.6) is 0 Å². The average Bonchev–Trinajstić information content (AvgIpc) is 2.62. The van der Waals surface area contributed by atoms with Crippen LogP contribution in [0.25, 0.3) is 0 Å². The second kappa shape index (κ2) is 9.75. The summed E-state index contributed by atoms with van der Waals surface area (Å²) < 4.78 is 0.